The van der Waals surface area contributed by atoms with Gasteiger partial charge in [-0.3, -0.25) is 9.59 Å². The maximum atomic E-state index is 13.6. The molecule has 0 spiro atoms. The normalized spacial score (nSPS) is 10.4. The number of halogens is 1. The summed E-state index contributed by atoms with van der Waals surface area (Å²) in [4.78, 5) is 24.9. The number of nitrogens with one attached hydrogen (secondary N) is 1. The van der Waals surface area contributed by atoms with Crippen molar-refractivity contribution in [2.75, 3.05) is 33.4 Å². The van der Waals surface area contributed by atoms with Crippen molar-refractivity contribution in [3.8, 4) is 0 Å². The minimum atomic E-state index is -0.271. The van der Waals surface area contributed by atoms with Crippen molar-refractivity contribution in [1.29, 1.82) is 0 Å². The van der Waals surface area contributed by atoms with Gasteiger partial charge in [-0.2, -0.15) is 0 Å². The second kappa shape index (κ2) is 10.7. The van der Waals surface area contributed by atoms with Crippen LogP contribution in [0.3, 0.4) is 0 Å². The molecule has 128 valence electrons. The zero-order chi connectivity index (χ0) is 17.1. The van der Waals surface area contributed by atoms with Gasteiger partial charge >= 0.3 is 0 Å². The molecule has 0 aliphatic rings. The molecular formula is C17H25FN2O3. The molecule has 0 saturated carbocycles. The summed E-state index contributed by atoms with van der Waals surface area (Å²) in [7, 11) is 1.61. The van der Waals surface area contributed by atoms with Gasteiger partial charge in [0.1, 0.15) is 5.82 Å². The lowest BCUT2D eigenvalue weighted by atomic mass is 10.1. The molecule has 0 heterocycles. The Balaban J connectivity index is 2.36. The van der Waals surface area contributed by atoms with Crippen molar-refractivity contribution >= 4 is 11.8 Å². The summed E-state index contributed by atoms with van der Waals surface area (Å²) in [6.07, 6.45) is 1.43. The molecule has 0 fully saturated rings. The van der Waals surface area contributed by atoms with Crippen molar-refractivity contribution in [2.45, 2.75) is 26.2 Å². The fourth-order valence-electron chi connectivity index (χ4n) is 2.15. The van der Waals surface area contributed by atoms with Crippen LogP contribution in [0.5, 0.6) is 0 Å². The lowest BCUT2D eigenvalue weighted by Crippen LogP contribution is -2.35. The van der Waals surface area contributed by atoms with E-state index in [4.69, 9.17) is 4.74 Å². The van der Waals surface area contributed by atoms with Gasteiger partial charge < -0.3 is 15.0 Å². The third-order valence-electron chi connectivity index (χ3n) is 3.51. The van der Waals surface area contributed by atoms with Crippen molar-refractivity contribution in [2.24, 2.45) is 0 Å². The maximum Gasteiger partial charge on any atom is 0.221 e. The monoisotopic (exact) mass is 324 g/mol. The Morgan fingerprint density at radius 3 is 2.65 bits per heavy atom. The summed E-state index contributed by atoms with van der Waals surface area (Å²) in [5.41, 5.74) is 0.572. The SMILES string of the molecule is COCCCNC(=O)CCN(CCc1ccccc1F)C(C)=O. The highest BCUT2D eigenvalue weighted by Gasteiger charge is 2.12. The number of carbonyl (C=O) groups excluding carboxylic acids is 2. The Labute approximate surface area is 136 Å². The topological polar surface area (TPSA) is 58.6 Å². The van der Waals surface area contributed by atoms with Gasteiger partial charge in [0.2, 0.25) is 11.8 Å². The summed E-state index contributed by atoms with van der Waals surface area (Å²) < 4.78 is 18.5. The van der Waals surface area contributed by atoms with Gasteiger partial charge in [-0.25, -0.2) is 4.39 Å². The van der Waals surface area contributed by atoms with Crippen LogP contribution >= 0.6 is 0 Å². The van der Waals surface area contributed by atoms with Crippen LogP contribution in [0.15, 0.2) is 24.3 Å². The van der Waals surface area contributed by atoms with Crippen molar-refractivity contribution < 1.29 is 18.7 Å². The number of methoxy groups -OCH3 is 1. The Morgan fingerprint density at radius 1 is 1.26 bits per heavy atom. The van der Waals surface area contributed by atoms with Crippen LogP contribution < -0.4 is 5.32 Å². The van der Waals surface area contributed by atoms with Gasteiger partial charge in [-0.05, 0) is 24.5 Å². The van der Waals surface area contributed by atoms with Gasteiger partial charge in [0.15, 0.2) is 0 Å². The number of hydrogen-bond acceptors (Lipinski definition) is 3. The van der Waals surface area contributed by atoms with E-state index in [0.29, 0.717) is 38.2 Å². The minimum Gasteiger partial charge on any atom is -0.385 e. The standard InChI is InChI=1S/C17H25FN2O3/c1-14(21)20(11-8-15-6-3-4-7-16(15)18)12-9-17(22)19-10-5-13-23-2/h3-4,6-7H,5,8-13H2,1-2H3,(H,19,22). The van der Waals surface area contributed by atoms with E-state index in [-0.39, 0.29) is 24.1 Å². The molecule has 1 N–H and O–H groups in total. The molecule has 5 nitrogen and oxygen atoms in total. The first kappa shape index (κ1) is 19.1. The first-order valence-electron chi connectivity index (χ1n) is 7.79. The van der Waals surface area contributed by atoms with E-state index >= 15 is 0 Å². The minimum absolute atomic E-state index is 0.0988. The van der Waals surface area contributed by atoms with Crippen LogP contribution in [0.1, 0.15) is 25.3 Å². The first-order chi connectivity index (χ1) is 11.0. The molecule has 0 atom stereocenters. The van der Waals surface area contributed by atoms with Crippen molar-refractivity contribution in [1.82, 2.24) is 10.2 Å². The van der Waals surface area contributed by atoms with Crippen LogP contribution in [0.4, 0.5) is 4.39 Å². The fraction of sp³-hybridized carbons (Fsp3) is 0.529. The molecular weight excluding hydrogens is 299 g/mol. The Hall–Kier alpha value is -1.95. The molecule has 2 amide bonds. The fourth-order valence-corrected chi connectivity index (χ4v) is 2.15. The van der Waals surface area contributed by atoms with E-state index in [0.717, 1.165) is 6.42 Å². The smallest absolute Gasteiger partial charge is 0.221 e. The van der Waals surface area contributed by atoms with Gasteiger partial charge in [-0.1, -0.05) is 18.2 Å². The highest BCUT2D eigenvalue weighted by molar-refractivity contribution is 5.77. The zero-order valence-electron chi connectivity index (χ0n) is 13.8. The third-order valence-corrected chi connectivity index (χ3v) is 3.51. The maximum absolute atomic E-state index is 13.6. The highest BCUT2D eigenvalue weighted by atomic mass is 19.1. The van der Waals surface area contributed by atoms with Crippen molar-refractivity contribution in [3.63, 3.8) is 0 Å². The number of benzene rings is 1. The van der Waals surface area contributed by atoms with Gasteiger partial charge in [0.05, 0.1) is 0 Å². The molecule has 0 unspecified atom stereocenters. The first-order valence-corrected chi connectivity index (χ1v) is 7.79. The number of carbonyl (C=O) groups is 2. The van der Waals surface area contributed by atoms with E-state index in [1.165, 1.54) is 13.0 Å². The average Bonchev–Trinajstić information content (AvgIpc) is 2.52. The van der Waals surface area contributed by atoms with E-state index < -0.39 is 0 Å². The number of amides is 2. The number of ether oxygens (including phenoxy) is 1. The molecule has 0 radical (unpaired) electrons. The van der Waals surface area contributed by atoms with Crippen LogP contribution in [0.2, 0.25) is 0 Å². The summed E-state index contributed by atoms with van der Waals surface area (Å²) in [5, 5.41) is 2.78. The molecule has 0 bridgehead atoms. The molecule has 1 rings (SSSR count). The van der Waals surface area contributed by atoms with Gasteiger partial charge in [-0.15, -0.1) is 0 Å². The Kier molecular flexibility index (Phi) is 8.90. The van der Waals surface area contributed by atoms with E-state index in [1.807, 2.05) is 0 Å². The average molecular weight is 324 g/mol. The highest BCUT2D eigenvalue weighted by Crippen LogP contribution is 2.08. The molecule has 0 aliphatic heterocycles. The quantitative estimate of drug-likeness (QED) is 0.667. The summed E-state index contributed by atoms with van der Waals surface area (Å²) in [6.45, 7) is 3.34. The molecule has 0 aliphatic carbocycles. The Bertz CT molecular complexity index is 508. The van der Waals surface area contributed by atoms with Gasteiger partial charge in [0.25, 0.3) is 0 Å². The van der Waals surface area contributed by atoms with E-state index in [2.05, 4.69) is 5.32 Å². The predicted molar refractivity (Wildman–Crippen MR) is 86.5 cm³/mol. The largest absolute Gasteiger partial charge is 0.385 e. The lowest BCUT2D eigenvalue weighted by molar-refractivity contribution is -0.129. The molecule has 1 aromatic carbocycles. The summed E-state index contributed by atoms with van der Waals surface area (Å²) in [6, 6.07) is 6.51. The summed E-state index contributed by atoms with van der Waals surface area (Å²) in [5.74, 6) is -0.487. The third kappa shape index (κ3) is 7.74. The van der Waals surface area contributed by atoms with Crippen LogP contribution in [0.25, 0.3) is 0 Å². The van der Waals surface area contributed by atoms with Crippen molar-refractivity contribution in [3.05, 3.63) is 35.6 Å². The molecule has 23 heavy (non-hydrogen) atoms. The van der Waals surface area contributed by atoms with Crippen LogP contribution in [0, 0.1) is 5.82 Å². The molecule has 0 saturated heterocycles. The molecule has 1 aromatic rings. The predicted octanol–water partition coefficient (Wildman–Crippen LogP) is 1.76. The lowest BCUT2D eigenvalue weighted by Gasteiger charge is -2.21. The second-order valence-electron chi connectivity index (χ2n) is 5.29. The Morgan fingerprint density at radius 2 is 2.00 bits per heavy atom. The number of rotatable bonds is 10. The number of nitrogens with zero attached hydrogens (tertiary/aromatic N) is 1. The zero-order valence-corrected chi connectivity index (χ0v) is 13.8. The second-order valence-corrected chi connectivity index (χ2v) is 5.29. The molecule has 0 aromatic heterocycles. The van der Waals surface area contributed by atoms with E-state index in [1.54, 1.807) is 30.2 Å². The van der Waals surface area contributed by atoms with E-state index in [9.17, 15) is 14.0 Å². The van der Waals surface area contributed by atoms with Gasteiger partial charge in [0, 0.05) is 46.7 Å². The van der Waals surface area contributed by atoms with Crippen LogP contribution in [-0.2, 0) is 20.7 Å². The molecule has 6 heteroatoms. The number of hydrogen-bond donors (Lipinski definition) is 1. The van der Waals surface area contributed by atoms with Crippen LogP contribution in [-0.4, -0.2) is 50.1 Å². The summed E-state index contributed by atoms with van der Waals surface area (Å²) >= 11 is 0.